The van der Waals surface area contributed by atoms with Crippen LogP contribution in [0.25, 0.3) is 0 Å². The van der Waals surface area contributed by atoms with E-state index in [-0.39, 0.29) is 11.8 Å². The van der Waals surface area contributed by atoms with Crippen molar-refractivity contribution in [2.75, 3.05) is 0 Å². The van der Waals surface area contributed by atoms with Crippen molar-refractivity contribution in [3.63, 3.8) is 0 Å². The van der Waals surface area contributed by atoms with E-state index < -0.39 is 0 Å². The minimum Gasteiger partial charge on any atom is -0.273 e. The summed E-state index contributed by atoms with van der Waals surface area (Å²) < 4.78 is 0. The van der Waals surface area contributed by atoms with E-state index in [0.29, 0.717) is 5.92 Å². The zero-order chi connectivity index (χ0) is 16.4. The molecule has 1 amide bonds. The second-order valence-corrected chi connectivity index (χ2v) is 6.41. The third-order valence-electron chi connectivity index (χ3n) is 4.46. The van der Waals surface area contributed by atoms with Crippen LogP contribution in [-0.4, -0.2) is 12.1 Å². The lowest BCUT2D eigenvalue weighted by atomic mass is 10.0. The Bertz CT molecular complexity index is 726. The molecular weight excluding hydrogens is 284 g/mol. The molecule has 118 valence electrons. The zero-order valence-corrected chi connectivity index (χ0v) is 13.8. The number of nitrogens with zero attached hydrogens (tertiary/aromatic N) is 1. The molecule has 3 heteroatoms. The summed E-state index contributed by atoms with van der Waals surface area (Å²) in [6, 6.07) is 14.5. The van der Waals surface area contributed by atoms with E-state index in [4.69, 9.17) is 0 Å². The van der Waals surface area contributed by atoms with Gasteiger partial charge < -0.3 is 0 Å². The van der Waals surface area contributed by atoms with Gasteiger partial charge in [-0.25, -0.2) is 5.43 Å². The molecular formula is C20H22N2O. The Morgan fingerprint density at radius 1 is 1.13 bits per heavy atom. The van der Waals surface area contributed by atoms with E-state index in [1.807, 2.05) is 18.2 Å². The molecule has 2 aromatic carbocycles. The highest BCUT2D eigenvalue weighted by molar-refractivity contribution is 5.87. The molecule has 0 spiro atoms. The van der Waals surface area contributed by atoms with Crippen molar-refractivity contribution in [3.8, 4) is 0 Å². The number of carbonyl (C=O) groups is 1. The summed E-state index contributed by atoms with van der Waals surface area (Å²) in [4.78, 5) is 12.2. The fourth-order valence-corrected chi connectivity index (χ4v) is 3.19. The molecule has 0 radical (unpaired) electrons. The molecule has 1 N–H and O–H groups in total. The Labute approximate surface area is 137 Å². The van der Waals surface area contributed by atoms with Gasteiger partial charge in [0.05, 0.1) is 6.21 Å². The Kier molecular flexibility index (Phi) is 4.28. The quantitative estimate of drug-likeness (QED) is 0.676. The molecule has 1 aliphatic carbocycles. The van der Waals surface area contributed by atoms with Crippen LogP contribution in [-0.2, 0) is 4.79 Å². The maximum Gasteiger partial charge on any atom is 0.243 e. The topological polar surface area (TPSA) is 41.5 Å². The molecule has 0 unspecified atom stereocenters. The van der Waals surface area contributed by atoms with E-state index in [2.05, 4.69) is 55.6 Å². The molecule has 2 atom stereocenters. The summed E-state index contributed by atoms with van der Waals surface area (Å²) in [6.07, 6.45) is 2.66. The molecule has 3 nitrogen and oxygen atoms in total. The summed E-state index contributed by atoms with van der Waals surface area (Å²) in [5, 5.41) is 4.16. The third kappa shape index (κ3) is 3.50. The molecule has 1 fully saturated rings. The molecule has 0 heterocycles. The normalized spacial score (nSPS) is 19.8. The highest BCUT2D eigenvalue weighted by Gasteiger charge is 2.43. The van der Waals surface area contributed by atoms with Crippen molar-refractivity contribution in [3.05, 3.63) is 70.3 Å². The monoisotopic (exact) mass is 306 g/mol. The van der Waals surface area contributed by atoms with Gasteiger partial charge in [0.1, 0.15) is 0 Å². The minimum atomic E-state index is 0.0116. The first-order valence-electron chi connectivity index (χ1n) is 8.02. The molecule has 0 aliphatic heterocycles. The molecule has 3 rings (SSSR count). The van der Waals surface area contributed by atoms with E-state index in [9.17, 15) is 4.79 Å². The number of carbonyl (C=O) groups excluding carboxylic acids is 1. The minimum absolute atomic E-state index is 0.0116. The van der Waals surface area contributed by atoms with Crippen LogP contribution in [0.2, 0.25) is 0 Å². The van der Waals surface area contributed by atoms with Crippen molar-refractivity contribution in [2.24, 2.45) is 11.0 Å². The van der Waals surface area contributed by atoms with E-state index in [1.54, 1.807) is 6.21 Å². The number of hydrogen-bond donors (Lipinski definition) is 1. The van der Waals surface area contributed by atoms with Gasteiger partial charge >= 0.3 is 0 Å². The maximum atomic E-state index is 12.2. The Balaban J connectivity index is 1.60. The molecule has 1 aliphatic rings. The number of nitrogens with one attached hydrogen (secondary N) is 1. The lowest BCUT2D eigenvalue weighted by molar-refractivity contribution is -0.122. The fourth-order valence-electron chi connectivity index (χ4n) is 3.19. The largest absolute Gasteiger partial charge is 0.273 e. The number of benzene rings is 2. The fraction of sp³-hybridized carbons (Fsp3) is 0.300. The van der Waals surface area contributed by atoms with Crippen LogP contribution in [0.1, 0.15) is 40.2 Å². The standard InChI is InChI=1S/C20H22N2O/c1-13-9-14(2)19(15(3)10-13)12-21-22-20(23)18-11-17(18)16-7-5-4-6-8-16/h4-10,12,17-18H,11H2,1-3H3,(H,22,23)/b21-12-/t17-,18-/m0/s1. The van der Waals surface area contributed by atoms with E-state index >= 15 is 0 Å². The van der Waals surface area contributed by atoms with E-state index in [1.165, 1.54) is 22.3 Å². The summed E-state index contributed by atoms with van der Waals surface area (Å²) >= 11 is 0. The van der Waals surface area contributed by atoms with Crippen LogP contribution >= 0.6 is 0 Å². The highest BCUT2D eigenvalue weighted by Crippen LogP contribution is 2.47. The molecule has 0 bridgehead atoms. The Hall–Kier alpha value is -2.42. The molecule has 1 saturated carbocycles. The highest BCUT2D eigenvalue weighted by atomic mass is 16.2. The molecule has 23 heavy (non-hydrogen) atoms. The van der Waals surface area contributed by atoms with Crippen LogP contribution in [0.5, 0.6) is 0 Å². The Morgan fingerprint density at radius 2 is 1.78 bits per heavy atom. The maximum absolute atomic E-state index is 12.2. The number of rotatable bonds is 4. The predicted molar refractivity (Wildman–Crippen MR) is 93.7 cm³/mol. The average molecular weight is 306 g/mol. The van der Waals surface area contributed by atoms with Gasteiger partial charge in [0.25, 0.3) is 0 Å². The van der Waals surface area contributed by atoms with Crippen molar-refractivity contribution < 1.29 is 4.79 Å². The van der Waals surface area contributed by atoms with Crippen LogP contribution in [0.4, 0.5) is 0 Å². The number of aryl methyl sites for hydroxylation is 3. The van der Waals surface area contributed by atoms with Crippen LogP contribution < -0.4 is 5.43 Å². The van der Waals surface area contributed by atoms with Crippen LogP contribution in [0.3, 0.4) is 0 Å². The van der Waals surface area contributed by atoms with Crippen LogP contribution in [0, 0.1) is 26.7 Å². The lowest BCUT2D eigenvalue weighted by Gasteiger charge is -2.06. The predicted octanol–water partition coefficient (Wildman–Crippen LogP) is 3.87. The number of amides is 1. The zero-order valence-electron chi connectivity index (χ0n) is 13.8. The first-order chi connectivity index (χ1) is 11.1. The summed E-state index contributed by atoms with van der Waals surface area (Å²) in [5.41, 5.74) is 8.60. The van der Waals surface area contributed by atoms with Gasteiger partial charge in [-0.2, -0.15) is 5.10 Å². The second kappa shape index (κ2) is 6.37. The van der Waals surface area contributed by atoms with Crippen LogP contribution in [0.15, 0.2) is 47.6 Å². The summed E-state index contributed by atoms with van der Waals surface area (Å²) in [5.74, 6) is 0.404. The van der Waals surface area contributed by atoms with Gasteiger partial charge in [0.15, 0.2) is 0 Å². The van der Waals surface area contributed by atoms with Gasteiger partial charge in [-0.3, -0.25) is 4.79 Å². The van der Waals surface area contributed by atoms with E-state index in [0.717, 1.165) is 12.0 Å². The second-order valence-electron chi connectivity index (χ2n) is 6.41. The molecule has 0 saturated heterocycles. The third-order valence-corrected chi connectivity index (χ3v) is 4.46. The molecule has 2 aromatic rings. The average Bonchev–Trinajstić information content (AvgIpc) is 3.31. The van der Waals surface area contributed by atoms with Gasteiger partial charge in [0.2, 0.25) is 5.91 Å². The first kappa shape index (κ1) is 15.5. The van der Waals surface area contributed by atoms with Gasteiger partial charge in [-0.05, 0) is 49.8 Å². The molecule has 0 aromatic heterocycles. The van der Waals surface area contributed by atoms with Gasteiger partial charge in [0, 0.05) is 11.5 Å². The summed E-state index contributed by atoms with van der Waals surface area (Å²) in [7, 11) is 0. The van der Waals surface area contributed by atoms with Crippen molar-refractivity contribution in [2.45, 2.75) is 33.1 Å². The smallest absolute Gasteiger partial charge is 0.243 e. The SMILES string of the molecule is Cc1cc(C)c(/C=N\NC(=O)[C@H]2C[C@H]2c2ccccc2)c(C)c1. The van der Waals surface area contributed by atoms with Crippen molar-refractivity contribution >= 4 is 12.1 Å². The van der Waals surface area contributed by atoms with Gasteiger partial charge in [-0.15, -0.1) is 0 Å². The summed E-state index contributed by atoms with van der Waals surface area (Å²) in [6.45, 7) is 6.21. The van der Waals surface area contributed by atoms with Crippen molar-refractivity contribution in [1.29, 1.82) is 0 Å². The number of hydrazone groups is 1. The lowest BCUT2D eigenvalue weighted by Crippen LogP contribution is -2.20. The first-order valence-corrected chi connectivity index (χ1v) is 8.02. The van der Waals surface area contributed by atoms with Crippen molar-refractivity contribution in [1.82, 2.24) is 5.43 Å². The Morgan fingerprint density at radius 3 is 2.43 bits per heavy atom. The van der Waals surface area contributed by atoms with Gasteiger partial charge in [-0.1, -0.05) is 48.0 Å². The number of hydrogen-bond acceptors (Lipinski definition) is 2.